The summed E-state index contributed by atoms with van der Waals surface area (Å²) < 4.78 is 39.9. The minimum atomic E-state index is -0.497. The van der Waals surface area contributed by atoms with Crippen LogP contribution in [-0.4, -0.2) is 29.5 Å². The van der Waals surface area contributed by atoms with Gasteiger partial charge in [0.2, 0.25) is 5.88 Å². The molecule has 146 valence electrons. The second-order valence-electron chi connectivity index (χ2n) is 6.47. The van der Waals surface area contributed by atoms with E-state index in [1.807, 2.05) is 20.9 Å². The molecule has 0 aliphatic heterocycles. The lowest BCUT2D eigenvalue weighted by Crippen LogP contribution is -2.25. The van der Waals surface area contributed by atoms with E-state index in [-0.39, 0.29) is 30.2 Å². The van der Waals surface area contributed by atoms with Gasteiger partial charge >= 0.3 is 0 Å². The van der Waals surface area contributed by atoms with Crippen molar-refractivity contribution in [1.29, 1.82) is 0 Å². The van der Waals surface area contributed by atoms with Crippen molar-refractivity contribution in [3.05, 3.63) is 47.2 Å². The highest BCUT2D eigenvalue weighted by Gasteiger charge is 2.18. The lowest BCUT2D eigenvalue weighted by atomic mass is 10.1. The normalized spacial score (nSPS) is 11.3. The molecule has 0 aliphatic rings. The van der Waals surface area contributed by atoms with Crippen LogP contribution in [-0.2, 0) is 24.4 Å². The van der Waals surface area contributed by atoms with Gasteiger partial charge in [-0.15, -0.1) is 12.4 Å². The van der Waals surface area contributed by atoms with E-state index in [0.717, 1.165) is 30.3 Å². The van der Waals surface area contributed by atoms with Crippen molar-refractivity contribution >= 4 is 12.4 Å². The average Bonchev–Trinajstić information content (AvgIpc) is 2.96. The molecule has 0 amide bonds. The van der Waals surface area contributed by atoms with Gasteiger partial charge in [-0.05, 0) is 45.5 Å². The smallest absolute Gasteiger partial charge is 0.212 e. The van der Waals surface area contributed by atoms with Gasteiger partial charge in [-0.1, -0.05) is 0 Å². The quantitative estimate of drug-likeness (QED) is 0.710. The van der Waals surface area contributed by atoms with Crippen molar-refractivity contribution in [3.63, 3.8) is 0 Å². The first-order valence-corrected chi connectivity index (χ1v) is 8.18. The van der Waals surface area contributed by atoms with Crippen molar-refractivity contribution < 1.29 is 18.3 Å². The molecule has 0 atom stereocenters. The number of aryl methyl sites for hydroxylation is 1. The monoisotopic (exact) mass is 389 g/mol. The van der Waals surface area contributed by atoms with E-state index in [4.69, 9.17) is 9.47 Å². The molecule has 2 aromatic rings. The third kappa shape index (κ3) is 6.23. The maximum Gasteiger partial charge on any atom is 0.212 e. The fraction of sp³-hybridized carbons (Fsp3) is 0.500. The molecule has 8 heteroatoms. The van der Waals surface area contributed by atoms with Crippen molar-refractivity contribution in [3.8, 4) is 5.88 Å². The van der Waals surface area contributed by atoms with E-state index in [2.05, 4.69) is 10.4 Å². The highest BCUT2D eigenvalue weighted by atomic mass is 35.5. The lowest BCUT2D eigenvalue weighted by Gasteiger charge is -2.23. The van der Waals surface area contributed by atoms with Gasteiger partial charge in [-0.2, -0.15) is 5.10 Å². The van der Waals surface area contributed by atoms with Crippen LogP contribution < -0.4 is 10.1 Å². The van der Waals surface area contributed by atoms with E-state index >= 15 is 0 Å². The van der Waals surface area contributed by atoms with Crippen molar-refractivity contribution in [2.24, 2.45) is 0 Å². The van der Waals surface area contributed by atoms with Crippen LogP contribution in [0.2, 0.25) is 0 Å². The van der Waals surface area contributed by atoms with Crippen LogP contribution in [0.5, 0.6) is 5.88 Å². The van der Waals surface area contributed by atoms with Crippen LogP contribution in [0.25, 0.3) is 0 Å². The molecule has 0 aliphatic carbocycles. The first-order valence-electron chi connectivity index (χ1n) is 8.18. The Bertz CT molecular complexity index is 708. The third-order valence-electron chi connectivity index (χ3n) is 4.01. The molecule has 0 saturated heterocycles. The van der Waals surface area contributed by atoms with Crippen LogP contribution >= 0.6 is 12.4 Å². The molecule has 0 fully saturated rings. The number of aromatic nitrogens is 2. The average molecular weight is 390 g/mol. The molecular weight excluding hydrogens is 364 g/mol. The van der Waals surface area contributed by atoms with Gasteiger partial charge in [0.15, 0.2) is 0 Å². The van der Waals surface area contributed by atoms with Gasteiger partial charge in [0.25, 0.3) is 0 Å². The van der Waals surface area contributed by atoms with E-state index in [0.29, 0.717) is 19.0 Å². The maximum absolute atomic E-state index is 13.8. The summed E-state index contributed by atoms with van der Waals surface area (Å²) in [7, 11) is 3.50. The summed E-state index contributed by atoms with van der Waals surface area (Å²) in [5.74, 6) is -0.476. The number of rotatable bonds is 9. The predicted molar refractivity (Wildman–Crippen MR) is 98.6 cm³/mol. The Hall–Kier alpha value is -1.70. The van der Waals surface area contributed by atoms with E-state index in [1.165, 1.54) is 0 Å². The van der Waals surface area contributed by atoms with Gasteiger partial charge in [0.1, 0.15) is 18.2 Å². The molecule has 26 heavy (non-hydrogen) atoms. The number of hydrogen-bond donors (Lipinski definition) is 1. The summed E-state index contributed by atoms with van der Waals surface area (Å²) in [4.78, 5) is 0. The van der Waals surface area contributed by atoms with E-state index in [9.17, 15) is 8.78 Å². The van der Waals surface area contributed by atoms with Crippen LogP contribution in [0, 0.1) is 11.6 Å². The summed E-state index contributed by atoms with van der Waals surface area (Å²) in [6.45, 7) is 5.10. The molecule has 5 nitrogen and oxygen atoms in total. The summed E-state index contributed by atoms with van der Waals surface area (Å²) in [5.41, 5.74) is 0.689. The van der Waals surface area contributed by atoms with Crippen LogP contribution in [0.1, 0.15) is 31.5 Å². The minimum Gasteiger partial charge on any atom is -0.473 e. The molecule has 1 aromatic heterocycles. The van der Waals surface area contributed by atoms with Gasteiger partial charge < -0.3 is 14.8 Å². The molecule has 0 bridgehead atoms. The zero-order valence-corrected chi connectivity index (χ0v) is 16.3. The number of methoxy groups -OCH3 is 1. The van der Waals surface area contributed by atoms with E-state index in [1.54, 1.807) is 17.9 Å². The largest absolute Gasteiger partial charge is 0.473 e. The topological polar surface area (TPSA) is 48.3 Å². The fourth-order valence-electron chi connectivity index (χ4n) is 2.28. The van der Waals surface area contributed by atoms with Crippen LogP contribution in [0.3, 0.4) is 0 Å². The second-order valence-corrected chi connectivity index (χ2v) is 6.47. The lowest BCUT2D eigenvalue weighted by molar-refractivity contribution is 0.0107. The molecule has 1 N–H and O–H groups in total. The molecule has 0 unspecified atom stereocenters. The summed E-state index contributed by atoms with van der Waals surface area (Å²) in [5, 5.41) is 7.53. The molecule has 1 heterocycles. The Balaban J connectivity index is 0.00000338. The number of nitrogens with one attached hydrogen (secondary N) is 1. The van der Waals surface area contributed by atoms with Crippen molar-refractivity contribution in [1.82, 2.24) is 15.1 Å². The van der Waals surface area contributed by atoms with Crippen molar-refractivity contribution in [2.75, 3.05) is 14.2 Å². The Labute approximate surface area is 159 Å². The summed E-state index contributed by atoms with van der Waals surface area (Å²) >= 11 is 0. The highest BCUT2D eigenvalue weighted by molar-refractivity contribution is 5.85. The molecule has 0 saturated carbocycles. The number of benzene rings is 1. The molecule has 0 radical (unpaired) electrons. The standard InChI is InChI=1S/C18H25F2N3O2.ClH/c1-18(2,24-4)7-8-23-17(10-15(22-23)11-21-3)25-12-13-9-14(19)5-6-16(13)20;/h5-6,9-10,21H,7-8,11-12H2,1-4H3;1H. The highest BCUT2D eigenvalue weighted by Crippen LogP contribution is 2.21. The molecular formula is C18H26ClF2N3O2. The van der Waals surface area contributed by atoms with E-state index < -0.39 is 11.6 Å². The van der Waals surface area contributed by atoms with Gasteiger partial charge in [-0.3, -0.25) is 0 Å². The van der Waals surface area contributed by atoms with Crippen LogP contribution in [0.15, 0.2) is 24.3 Å². The third-order valence-corrected chi connectivity index (χ3v) is 4.01. The van der Waals surface area contributed by atoms with Gasteiger partial charge in [-0.25, -0.2) is 13.5 Å². The predicted octanol–water partition coefficient (Wildman–Crippen LogP) is 3.70. The van der Waals surface area contributed by atoms with Gasteiger partial charge in [0, 0.05) is 31.8 Å². The van der Waals surface area contributed by atoms with Gasteiger partial charge in [0.05, 0.1) is 11.3 Å². The number of halogens is 3. The number of nitrogens with zero attached hydrogens (tertiary/aromatic N) is 2. The minimum absolute atomic E-state index is 0. The number of hydrogen-bond acceptors (Lipinski definition) is 4. The zero-order chi connectivity index (χ0) is 18.4. The second kappa shape index (κ2) is 9.85. The summed E-state index contributed by atoms with van der Waals surface area (Å²) in [6, 6.07) is 5.12. The number of ether oxygens (including phenoxy) is 2. The molecule has 1 aromatic carbocycles. The van der Waals surface area contributed by atoms with Crippen LogP contribution in [0.4, 0.5) is 8.78 Å². The first kappa shape index (κ1) is 22.3. The molecule has 0 spiro atoms. The zero-order valence-electron chi connectivity index (χ0n) is 15.5. The summed E-state index contributed by atoms with van der Waals surface area (Å²) in [6.07, 6.45) is 0.731. The Morgan fingerprint density at radius 2 is 1.96 bits per heavy atom. The van der Waals surface area contributed by atoms with Crippen molar-refractivity contribution in [2.45, 2.75) is 45.6 Å². The maximum atomic E-state index is 13.8. The Morgan fingerprint density at radius 1 is 1.23 bits per heavy atom. The first-order chi connectivity index (χ1) is 11.8. The molecule has 2 rings (SSSR count). The Morgan fingerprint density at radius 3 is 2.62 bits per heavy atom. The SMILES string of the molecule is CNCc1cc(OCc2cc(F)ccc2F)n(CCC(C)(C)OC)n1.Cl. The fourth-order valence-corrected chi connectivity index (χ4v) is 2.28. The Kier molecular flexibility index (Phi) is 8.46.